The van der Waals surface area contributed by atoms with Crippen LogP contribution in [0.1, 0.15) is 48.9 Å². The van der Waals surface area contributed by atoms with Crippen molar-refractivity contribution in [3.05, 3.63) is 29.8 Å². The quantitative estimate of drug-likeness (QED) is 0.826. The predicted molar refractivity (Wildman–Crippen MR) is 71.7 cm³/mol. The third-order valence-electron chi connectivity index (χ3n) is 3.53. The van der Waals surface area contributed by atoms with Gasteiger partial charge in [0.25, 0.3) is 0 Å². The van der Waals surface area contributed by atoms with Gasteiger partial charge in [-0.05, 0) is 43.0 Å². The highest BCUT2D eigenvalue weighted by molar-refractivity contribution is 5.91. The summed E-state index contributed by atoms with van der Waals surface area (Å²) >= 11 is 0. The Morgan fingerprint density at radius 2 is 1.83 bits per heavy atom. The monoisotopic (exact) mass is 245 g/mol. The van der Waals surface area contributed by atoms with E-state index in [1.807, 2.05) is 0 Å². The lowest BCUT2D eigenvalue weighted by molar-refractivity contribution is -0.117. The third-order valence-corrected chi connectivity index (χ3v) is 3.53. The first kappa shape index (κ1) is 12.8. The maximum atomic E-state index is 11.9. The molecule has 0 unspecified atom stereocenters. The predicted octanol–water partition coefficient (Wildman–Crippen LogP) is 3.41. The van der Waals surface area contributed by atoms with Crippen molar-refractivity contribution >= 4 is 17.9 Å². The lowest BCUT2D eigenvalue weighted by Crippen LogP contribution is -2.18. The first-order valence-corrected chi connectivity index (χ1v) is 6.63. The minimum atomic E-state index is 0.0840. The number of amides is 1. The first-order valence-electron chi connectivity index (χ1n) is 6.63. The molecule has 1 aromatic rings. The van der Waals surface area contributed by atoms with Crippen molar-refractivity contribution in [2.45, 2.75) is 38.5 Å². The zero-order chi connectivity index (χ0) is 12.8. The molecule has 0 bridgehead atoms. The second-order valence-corrected chi connectivity index (χ2v) is 5.00. The number of nitrogens with one attached hydrogen (secondary N) is 1. The summed E-state index contributed by atoms with van der Waals surface area (Å²) < 4.78 is 0. The summed E-state index contributed by atoms with van der Waals surface area (Å²) in [6.07, 6.45) is 7.60. The number of anilines is 1. The van der Waals surface area contributed by atoms with E-state index in [0.717, 1.165) is 12.0 Å². The van der Waals surface area contributed by atoms with E-state index in [2.05, 4.69) is 5.32 Å². The molecule has 1 amide bonds. The average Bonchev–Trinajstić information content (AvgIpc) is 2.40. The van der Waals surface area contributed by atoms with Crippen molar-refractivity contribution in [2.75, 3.05) is 5.32 Å². The Balaban J connectivity index is 1.83. The molecule has 0 spiro atoms. The molecule has 3 heteroatoms. The van der Waals surface area contributed by atoms with E-state index in [1.54, 1.807) is 24.3 Å². The summed E-state index contributed by atoms with van der Waals surface area (Å²) in [5, 5.41) is 2.89. The molecule has 96 valence electrons. The highest BCUT2D eigenvalue weighted by Gasteiger charge is 2.16. The molecule has 1 fully saturated rings. The van der Waals surface area contributed by atoms with E-state index in [9.17, 15) is 9.59 Å². The molecule has 0 aromatic heterocycles. The van der Waals surface area contributed by atoms with Gasteiger partial charge in [-0.25, -0.2) is 0 Å². The fourth-order valence-corrected chi connectivity index (χ4v) is 2.51. The van der Waals surface area contributed by atoms with Crippen LogP contribution in [0.3, 0.4) is 0 Å². The Bertz CT molecular complexity index is 405. The molecule has 18 heavy (non-hydrogen) atoms. The smallest absolute Gasteiger partial charge is 0.224 e. The van der Waals surface area contributed by atoms with Crippen molar-refractivity contribution < 1.29 is 9.59 Å². The van der Waals surface area contributed by atoms with Gasteiger partial charge >= 0.3 is 0 Å². The highest BCUT2D eigenvalue weighted by Crippen LogP contribution is 2.26. The fourth-order valence-electron chi connectivity index (χ4n) is 2.51. The molecular formula is C15H19NO2. The third kappa shape index (κ3) is 3.69. The SMILES string of the molecule is O=Cc1ccc(NC(=O)CC2CCCCC2)cc1. The molecular weight excluding hydrogens is 226 g/mol. The molecule has 0 heterocycles. The maximum Gasteiger partial charge on any atom is 0.224 e. The lowest BCUT2D eigenvalue weighted by Gasteiger charge is -2.20. The molecule has 0 radical (unpaired) electrons. The number of benzene rings is 1. The van der Waals surface area contributed by atoms with Gasteiger partial charge in [-0.1, -0.05) is 19.3 Å². The van der Waals surface area contributed by atoms with Crippen LogP contribution in [0.2, 0.25) is 0 Å². The Morgan fingerprint density at radius 3 is 2.44 bits per heavy atom. The van der Waals surface area contributed by atoms with E-state index < -0.39 is 0 Å². The van der Waals surface area contributed by atoms with Gasteiger partial charge in [-0.2, -0.15) is 0 Å². The largest absolute Gasteiger partial charge is 0.326 e. The second-order valence-electron chi connectivity index (χ2n) is 5.00. The average molecular weight is 245 g/mol. The summed E-state index contributed by atoms with van der Waals surface area (Å²) in [4.78, 5) is 22.4. The van der Waals surface area contributed by atoms with Gasteiger partial charge in [-0.3, -0.25) is 9.59 Å². The van der Waals surface area contributed by atoms with Gasteiger partial charge in [0, 0.05) is 17.7 Å². The molecule has 2 rings (SSSR count). The molecule has 3 nitrogen and oxygen atoms in total. The Hall–Kier alpha value is -1.64. The van der Waals surface area contributed by atoms with Gasteiger partial charge in [-0.15, -0.1) is 0 Å². The van der Waals surface area contributed by atoms with E-state index in [4.69, 9.17) is 0 Å². The zero-order valence-electron chi connectivity index (χ0n) is 10.5. The topological polar surface area (TPSA) is 46.2 Å². The summed E-state index contributed by atoms with van der Waals surface area (Å²) in [6.45, 7) is 0. The van der Waals surface area contributed by atoms with Crippen molar-refractivity contribution in [3.8, 4) is 0 Å². The standard InChI is InChI=1S/C15H19NO2/c17-11-13-6-8-14(9-7-13)16-15(18)10-12-4-2-1-3-5-12/h6-9,11-12H,1-5,10H2,(H,16,18). The fraction of sp³-hybridized carbons (Fsp3) is 0.467. The highest BCUT2D eigenvalue weighted by atomic mass is 16.1. The number of rotatable bonds is 4. The van der Waals surface area contributed by atoms with Gasteiger partial charge in [0.1, 0.15) is 6.29 Å². The van der Waals surface area contributed by atoms with E-state index in [1.165, 1.54) is 32.1 Å². The first-order chi connectivity index (χ1) is 8.78. The lowest BCUT2D eigenvalue weighted by atomic mass is 9.87. The Labute approximate surface area is 108 Å². The van der Waals surface area contributed by atoms with Crippen LogP contribution >= 0.6 is 0 Å². The maximum absolute atomic E-state index is 11.9. The van der Waals surface area contributed by atoms with E-state index in [-0.39, 0.29) is 5.91 Å². The summed E-state index contributed by atoms with van der Waals surface area (Å²) in [6, 6.07) is 6.96. The molecule has 1 N–H and O–H groups in total. The number of hydrogen-bond acceptors (Lipinski definition) is 2. The van der Waals surface area contributed by atoms with Crippen LogP contribution in [0, 0.1) is 5.92 Å². The summed E-state index contributed by atoms with van der Waals surface area (Å²) in [7, 11) is 0. The minimum absolute atomic E-state index is 0.0840. The van der Waals surface area contributed by atoms with Crippen LogP contribution in [0.4, 0.5) is 5.69 Å². The normalized spacial score (nSPS) is 16.2. The molecule has 1 aliphatic carbocycles. The Morgan fingerprint density at radius 1 is 1.17 bits per heavy atom. The van der Waals surface area contributed by atoms with Crippen LogP contribution < -0.4 is 5.32 Å². The number of hydrogen-bond donors (Lipinski definition) is 1. The molecule has 1 aromatic carbocycles. The van der Waals surface area contributed by atoms with Gasteiger partial charge in [0.05, 0.1) is 0 Å². The van der Waals surface area contributed by atoms with Crippen LogP contribution in [0.5, 0.6) is 0 Å². The number of aldehydes is 1. The molecule has 0 saturated heterocycles. The van der Waals surface area contributed by atoms with E-state index in [0.29, 0.717) is 17.9 Å². The minimum Gasteiger partial charge on any atom is -0.326 e. The van der Waals surface area contributed by atoms with Gasteiger partial charge < -0.3 is 5.32 Å². The van der Waals surface area contributed by atoms with Gasteiger partial charge in [0.2, 0.25) is 5.91 Å². The summed E-state index contributed by atoms with van der Waals surface area (Å²) in [5.74, 6) is 0.633. The van der Waals surface area contributed by atoms with Crippen molar-refractivity contribution in [1.29, 1.82) is 0 Å². The van der Waals surface area contributed by atoms with Crippen LogP contribution in [-0.4, -0.2) is 12.2 Å². The van der Waals surface area contributed by atoms with E-state index >= 15 is 0 Å². The zero-order valence-corrected chi connectivity index (χ0v) is 10.5. The molecule has 0 aliphatic heterocycles. The second kappa shape index (κ2) is 6.34. The van der Waals surface area contributed by atoms with Crippen molar-refractivity contribution in [1.82, 2.24) is 0 Å². The van der Waals surface area contributed by atoms with Crippen LogP contribution in [0.15, 0.2) is 24.3 Å². The van der Waals surface area contributed by atoms with Crippen LogP contribution in [0.25, 0.3) is 0 Å². The van der Waals surface area contributed by atoms with Gasteiger partial charge in [0.15, 0.2) is 0 Å². The van der Waals surface area contributed by atoms with Crippen molar-refractivity contribution in [3.63, 3.8) is 0 Å². The van der Waals surface area contributed by atoms with Crippen LogP contribution in [-0.2, 0) is 4.79 Å². The summed E-state index contributed by atoms with van der Waals surface area (Å²) in [5.41, 5.74) is 1.39. The number of carbonyl (C=O) groups is 2. The molecule has 0 atom stereocenters. The Kier molecular flexibility index (Phi) is 4.51. The van der Waals surface area contributed by atoms with Crippen molar-refractivity contribution in [2.24, 2.45) is 5.92 Å². The number of carbonyl (C=O) groups excluding carboxylic acids is 2. The molecule has 1 aliphatic rings. The molecule has 1 saturated carbocycles.